The van der Waals surface area contributed by atoms with Crippen LogP contribution in [0.1, 0.15) is 18.1 Å². The van der Waals surface area contributed by atoms with E-state index in [2.05, 4.69) is 36.4 Å². The van der Waals surface area contributed by atoms with Gasteiger partial charge in [0.25, 0.3) is 0 Å². The average molecular weight is 193 g/mol. The van der Waals surface area contributed by atoms with E-state index < -0.39 is 0 Å². The minimum absolute atomic E-state index is 1.07. The summed E-state index contributed by atoms with van der Waals surface area (Å²) < 4.78 is 0. The fraction of sp³-hybridized carbons (Fsp3) is 0.364. The molecule has 0 amide bonds. The molecule has 0 saturated carbocycles. The molecule has 0 bridgehead atoms. The van der Waals surface area contributed by atoms with Crippen molar-refractivity contribution in [3.63, 3.8) is 0 Å². The number of aliphatic imine (C=N–C) groups is 1. The Bertz CT molecular complexity index is 283. The van der Waals surface area contributed by atoms with Crippen molar-refractivity contribution < 1.29 is 0 Å². The molecule has 0 saturated heterocycles. The first-order chi connectivity index (χ1) is 6.33. The van der Waals surface area contributed by atoms with Crippen LogP contribution in [0.2, 0.25) is 0 Å². The molecule has 0 radical (unpaired) electrons. The molecule has 0 spiro atoms. The van der Waals surface area contributed by atoms with Gasteiger partial charge in [-0.25, -0.2) is 0 Å². The molecule has 0 aliphatic rings. The Morgan fingerprint density at radius 1 is 1.46 bits per heavy atom. The fourth-order valence-corrected chi connectivity index (χ4v) is 1.97. The van der Waals surface area contributed by atoms with Crippen LogP contribution in [0.4, 0.5) is 0 Å². The summed E-state index contributed by atoms with van der Waals surface area (Å²) in [7, 11) is 1.82. The molecule has 1 aromatic rings. The van der Waals surface area contributed by atoms with E-state index in [0.29, 0.717) is 0 Å². The first-order valence-electron chi connectivity index (χ1n) is 4.41. The summed E-state index contributed by atoms with van der Waals surface area (Å²) >= 11 is 1.77. The highest BCUT2D eigenvalue weighted by Crippen LogP contribution is 2.22. The van der Waals surface area contributed by atoms with E-state index in [-0.39, 0.29) is 0 Å². The van der Waals surface area contributed by atoms with Gasteiger partial charge in [0.1, 0.15) is 0 Å². The highest BCUT2D eigenvalue weighted by Gasteiger charge is 2.02. The molecule has 0 atom stereocenters. The van der Waals surface area contributed by atoms with Gasteiger partial charge in [0.05, 0.1) is 0 Å². The van der Waals surface area contributed by atoms with Crippen molar-refractivity contribution in [2.45, 2.75) is 18.2 Å². The summed E-state index contributed by atoms with van der Waals surface area (Å²) in [6, 6.07) is 6.41. The highest BCUT2D eigenvalue weighted by atomic mass is 32.2. The van der Waals surface area contributed by atoms with Crippen LogP contribution in [-0.2, 0) is 6.42 Å². The van der Waals surface area contributed by atoms with Gasteiger partial charge < -0.3 is 0 Å². The van der Waals surface area contributed by atoms with Crippen molar-refractivity contribution in [3.05, 3.63) is 29.3 Å². The lowest BCUT2D eigenvalue weighted by molar-refractivity contribution is 1.11. The fourth-order valence-electron chi connectivity index (χ4n) is 1.35. The molecule has 0 fully saturated rings. The van der Waals surface area contributed by atoms with Gasteiger partial charge in [-0.05, 0) is 24.3 Å². The lowest BCUT2D eigenvalue weighted by Crippen LogP contribution is -1.93. The molecule has 0 unspecified atom stereocenters. The number of aryl methyl sites for hydroxylation is 1. The molecule has 1 rings (SSSR count). The third kappa shape index (κ3) is 2.34. The summed E-state index contributed by atoms with van der Waals surface area (Å²) in [6.07, 6.45) is 5.11. The third-order valence-electron chi connectivity index (χ3n) is 2.02. The normalized spacial score (nSPS) is 11.0. The summed E-state index contributed by atoms with van der Waals surface area (Å²) in [4.78, 5) is 5.39. The van der Waals surface area contributed by atoms with Gasteiger partial charge in [0, 0.05) is 23.7 Å². The molecule has 0 N–H and O–H groups in total. The van der Waals surface area contributed by atoms with Gasteiger partial charge in [-0.1, -0.05) is 19.1 Å². The molecule has 1 aromatic carbocycles. The highest BCUT2D eigenvalue weighted by molar-refractivity contribution is 7.98. The third-order valence-corrected chi connectivity index (χ3v) is 2.81. The predicted octanol–water partition coefficient (Wildman–Crippen LogP) is 3.02. The van der Waals surface area contributed by atoms with Crippen LogP contribution < -0.4 is 0 Å². The minimum Gasteiger partial charge on any atom is -0.296 e. The van der Waals surface area contributed by atoms with E-state index in [9.17, 15) is 0 Å². The first-order valence-corrected chi connectivity index (χ1v) is 5.64. The van der Waals surface area contributed by atoms with Crippen molar-refractivity contribution >= 4 is 18.0 Å². The summed E-state index contributed by atoms with van der Waals surface area (Å²) in [6.45, 7) is 2.17. The Balaban J connectivity index is 3.21. The van der Waals surface area contributed by atoms with Gasteiger partial charge in [-0.3, -0.25) is 4.99 Å². The van der Waals surface area contributed by atoms with Gasteiger partial charge in [-0.2, -0.15) is 0 Å². The van der Waals surface area contributed by atoms with Crippen LogP contribution in [-0.4, -0.2) is 19.5 Å². The van der Waals surface area contributed by atoms with Crippen molar-refractivity contribution in [1.29, 1.82) is 0 Å². The zero-order valence-electron chi connectivity index (χ0n) is 8.37. The number of benzene rings is 1. The van der Waals surface area contributed by atoms with E-state index in [1.807, 2.05) is 13.3 Å². The lowest BCUT2D eigenvalue weighted by Gasteiger charge is -2.07. The molecule has 1 nitrogen and oxygen atoms in total. The van der Waals surface area contributed by atoms with Crippen LogP contribution >= 0.6 is 11.8 Å². The molecule has 2 heteroatoms. The molecule has 13 heavy (non-hydrogen) atoms. The quantitative estimate of drug-likeness (QED) is 0.531. The maximum atomic E-state index is 4.08. The standard InChI is InChI=1S/C11H15NS/c1-4-9-6-5-7-11(13-3)10(9)8-12-2/h5-8H,4H2,1-3H3. The van der Waals surface area contributed by atoms with Crippen molar-refractivity contribution in [2.24, 2.45) is 4.99 Å². The Kier molecular flexibility index (Phi) is 4.03. The number of rotatable bonds is 3. The average Bonchev–Trinajstić information content (AvgIpc) is 2.18. The van der Waals surface area contributed by atoms with Crippen LogP contribution in [0.3, 0.4) is 0 Å². The van der Waals surface area contributed by atoms with Crippen molar-refractivity contribution in [3.8, 4) is 0 Å². The molecular formula is C11H15NS. The Morgan fingerprint density at radius 3 is 2.77 bits per heavy atom. The van der Waals surface area contributed by atoms with Crippen molar-refractivity contribution in [2.75, 3.05) is 13.3 Å². The smallest absolute Gasteiger partial charge is 0.0295 e. The molecule has 0 aliphatic heterocycles. The maximum absolute atomic E-state index is 4.08. The second-order valence-corrected chi connectivity index (χ2v) is 3.62. The molecule has 0 aromatic heterocycles. The second-order valence-electron chi connectivity index (χ2n) is 2.77. The van der Waals surface area contributed by atoms with Crippen LogP contribution in [0, 0.1) is 0 Å². The molecule has 0 aliphatic carbocycles. The van der Waals surface area contributed by atoms with E-state index >= 15 is 0 Å². The van der Waals surface area contributed by atoms with Crippen molar-refractivity contribution in [1.82, 2.24) is 0 Å². The lowest BCUT2D eigenvalue weighted by atomic mass is 10.1. The monoisotopic (exact) mass is 193 g/mol. The zero-order valence-corrected chi connectivity index (χ0v) is 9.19. The maximum Gasteiger partial charge on any atom is 0.0295 e. The predicted molar refractivity (Wildman–Crippen MR) is 61.1 cm³/mol. The van der Waals surface area contributed by atoms with E-state index in [0.717, 1.165) is 6.42 Å². The molecule has 70 valence electrons. The van der Waals surface area contributed by atoms with E-state index in [1.54, 1.807) is 11.8 Å². The molecular weight excluding hydrogens is 178 g/mol. The second kappa shape index (κ2) is 5.07. The van der Waals surface area contributed by atoms with Crippen LogP contribution in [0.25, 0.3) is 0 Å². The Hall–Kier alpha value is -0.760. The van der Waals surface area contributed by atoms with Gasteiger partial charge in [0.15, 0.2) is 0 Å². The SMILES string of the molecule is CCc1cccc(SC)c1C=NC. The number of thioether (sulfide) groups is 1. The summed E-state index contributed by atoms with van der Waals surface area (Å²) in [5.74, 6) is 0. The van der Waals surface area contributed by atoms with Gasteiger partial charge in [0.2, 0.25) is 0 Å². The zero-order chi connectivity index (χ0) is 9.68. The van der Waals surface area contributed by atoms with E-state index in [4.69, 9.17) is 0 Å². The van der Waals surface area contributed by atoms with Gasteiger partial charge in [-0.15, -0.1) is 11.8 Å². The minimum atomic E-state index is 1.07. The van der Waals surface area contributed by atoms with Crippen LogP contribution in [0.15, 0.2) is 28.1 Å². The summed E-state index contributed by atoms with van der Waals surface area (Å²) in [5, 5.41) is 0. The molecule has 0 heterocycles. The number of nitrogens with zero attached hydrogens (tertiary/aromatic N) is 1. The van der Waals surface area contributed by atoms with E-state index in [1.165, 1.54) is 16.0 Å². The summed E-state index contributed by atoms with van der Waals surface area (Å²) in [5.41, 5.74) is 2.65. The number of hydrogen-bond donors (Lipinski definition) is 0. The van der Waals surface area contributed by atoms with Gasteiger partial charge >= 0.3 is 0 Å². The first kappa shape index (κ1) is 10.3. The number of hydrogen-bond acceptors (Lipinski definition) is 2. The largest absolute Gasteiger partial charge is 0.296 e. The topological polar surface area (TPSA) is 12.4 Å². The van der Waals surface area contributed by atoms with Crippen LogP contribution in [0.5, 0.6) is 0 Å². The Labute approximate surface area is 84.3 Å². The Morgan fingerprint density at radius 2 is 2.23 bits per heavy atom.